The first-order chi connectivity index (χ1) is 8.30. The minimum Gasteiger partial charge on any atom is -0.487 e. The van der Waals surface area contributed by atoms with Crippen LogP contribution >= 0.6 is 0 Å². The minimum atomic E-state index is 0.0165. The predicted octanol–water partition coefficient (Wildman–Crippen LogP) is 1.45. The van der Waals surface area contributed by atoms with Gasteiger partial charge in [0.25, 0.3) is 0 Å². The SMILES string of the molecule is CNCC(COC)Oc1cccc(COC)c1. The number of hydrogen-bond acceptors (Lipinski definition) is 4. The van der Waals surface area contributed by atoms with Crippen molar-refractivity contribution in [3.63, 3.8) is 0 Å². The molecule has 0 saturated heterocycles. The van der Waals surface area contributed by atoms with Crippen molar-refractivity contribution < 1.29 is 14.2 Å². The van der Waals surface area contributed by atoms with Crippen molar-refractivity contribution in [3.8, 4) is 5.75 Å². The van der Waals surface area contributed by atoms with Crippen LogP contribution in [0.15, 0.2) is 24.3 Å². The zero-order chi connectivity index (χ0) is 12.5. The Balaban J connectivity index is 2.60. The van der Waals surface area contributed by atoms with Gasteiger partial charge in [-0.1, -0.05) is 12.1 Å². The molecule has 0 heterocycles. The summed E-state index contributed by atoms with van der Waals surface area (Å²) < 4.78 is 16.0. The van der Waals surface area contributed by atoms with Gasteiger partial charge in [-0.3, -0.25) is 0 Å². The lowest BCUT2D eigenvalue weighted by Crippen LogP contribution is -2.33. The quantitative estimate of drug-likeness (QED) is 0.745. The van der Waals surface area contributed by atoms with Crippen LogP contribution in [0.25, 0.3) is 0 Å². The Morgan fingerprint density at radius 3 is 2.71 bits per heavy atom. The smallest absolute Gasteiger partial charge is 0.134 e. The average Bonchev–Trinajstić information content (AvgIpc) is 2.30. The van der Waals surface area contributed by atoms with E-state index in [0.717, 1.165) is 17.9 Å². The van der Waals surface area contributed by atoms with Crippen LogP contribution < -0.4 is 10.1 Å². The number of nitrogens with one attached hydrogen (secondary N) is 1. The summed E-state index contributed by atoms with van der Waals surface area (Å²) in [5.74, 6) is 0.844. The molecule has 0 aliphatic heterocycles. The third kappa shape index (κ3) is 5.17. The van der Waals surface area contributed by atoms with E-state index < -0.39 is 0 Å². The van der Waals surface area contributed by atoms with Crippen molar-refractivity contribution in [2.24, 2.45) is 0 Å². The van der Waals surface area contributed by atoms with Crippen LogP contribution in [-0.2, 0) is 16.1 Å². The summed E-state index contributed by atoms with van der Waals surface area (Å²) in [6.07, 6.45) is 0.0165. The van der Waals surface area contributed by atoms with Crippen molar-refractivity contribution in [1.82, 2.24) is 5.32 Å². The number of ether oxygens (including phenoxy) is 3. The fourth-order valence-corrected chi connectivity index (χ4v) is 1.62. The van der Waals surface area contributed by atoms with Gasteiger partial charge in [0.05, 0.1) is 13.2 Å². The Bertz CT molecular complexity index is 311. The lowest BCUT2D eigenvalue weighted by molar-refractivity contribution is 0.0816. The second kappa shape index (κ2) is 8.06. The van der Waals surface area contributed by atoms with E-state index in [9.17, 15) is 0 Å². The van der Waals surface area contributed by atoms with E-state index in [0.29, 0.717) is 13.2 Å². The molecule has 1 rings (SSSR count). The fraction of sp³-hybridized carbons (Fsp3) is 0.538. The third-order valence-corrected chi connectivity index (χ3v) is 2.30. The van der Waals surface area contributed by atoms with Crippen molar-refractivity contribution in [2.75, 3.05) is 34.4 Å². The number of rotatable bonds is 8. The van der Waals surface area contributed by atoms with Gasteiger partial charge in [0.1, 0.15) is 11.9 Å². The molecule has 96 valence electrons. The molecule has 1 aromatic rings. The molecule has 0 aliphatic rings. The van der Waals surface area contributed by atoms with E-state index in [1.54, 1.807) is 14.2 Å². The number of hydrogen-bond donors (Lipinski definition) is 1. The topological polar surface area (TPSA) is 39.7 Å². The molecule has 0 fully saturated rings. The van der Waals surface area contributed by atoms with Crippen LogP contribution in [0.1, 0.15) is 5.56 Å². The summed E-state index contributed by atoms with van der Waals surface area (Å²) in [4.78, 5) is 0. The maximum atomic E-state index is 5.84. The van der Waals surface area contributed by atoms with Crippen LogP contribution in [0.5, 0.6) is 5.75 Å². The van der Waals surface area contributed by atoms with Crippen LogP contribution in [0.3, 0.4) is 0 Å². The fourth-order valence-electron chi connectivity index (χ4n) is 1.62. The monoisotopic (exact) mass is 239 g/mol. The van der Waals surface area contributed by atoms with E-state index in [1.807, 2.05) is 31.3 Å². The van der Waals surface area contributed by atoms with E-state index >= 15 is 0 Å². The lowest BCUT2D eigenvalue weighted by atomic mass is 10.2. The van der Waals surface area contributed by atoms with Gasteiger partial charge < -0.3 is 19.5 Å². The van der Waals surface area contributed by atoms with Gasteiger partial charge in [0.15, 0.2) is 0 Å². The molecule has 0 radical (unpaired) electrons. The molecule has 0 aliphatic carbocycles. The second-order valence-electron chi connectivity index (χ2n) is 3.83. The Morgan fingerprint density at radius 2 is 2.06 bits per heavy atom. The van der Waals surface area contributed by atoms with Gasteiger partial charge in [-0.2, -0.15) is 0 Å². The zero-order valence-electron chi connectivity index (χ0n) is 10.7. The summed E-state index contributed by atoms with van der Waals surface area (Å²) in [6.45, 7) is 1.91. The highest BCUT2D eigenvalue weighted by Crippen LogP contribution is 2.15. The van der Waals surface area contributed by atoms with E-state index in [2.05, 4.69) is 5.32 Å². The van der Waals surface area contributed by atoms with Gasteiger partial charge >= 0.3 is 0 Å². The number of methoxy groups -OCH3 is 2. The maximum Gasteiger partial charge on any atom is 0.134 e. The highest BCUT2D eigenvalue weighted by Gasteiger charge is 2.09. The molecule has 1 atom stereocenters. The molecule has 0 amide bonds. The summed E-state index contributed by atoms with van der Waals surface area (Å²) in [5.41, 5.74) is 1.10. The van der Waals surface area contributed by atoms with Crippen molar-refractivity contribution >= 4 is 0 Å². The van der Waals surface area contributed by atoms with Gasteiger partial charge in [0, 0.05) is 20.8 Å². The normalized spacial score (nSPS) is 12.4. The van der Waals surface area contributed by atoms with E-state index in [4.69, 9.17) is 14.2 Å². The Hall–Kier alpha value is -1.10. The molecule has 1 aromatic carbocycles. The second-order valence-corrected chi connectivity index (χ2v) is 3.83. The molecule has 1 N–H and O–H groups in total. The predicted molar refractivity (Wildman–Crippen MR) is 67.4 cm³/mol. The Morgan fingerprint density at radius 1 is 1.24 bits per heavy atom. The van der Waals surface area contributed by atoms with Gasteiger partial charge in [-0.15, -0.1) is 0 Å². The minimum absolute atomic E-state index is 0.0165. The molecule has 0 aromatic heterocycles. The van der Waals surface area contributed by atoms with Gasteiger partial charge in [-0.05, 0) is 24.7 Å². The highest BCUT2D eigenvalue weighted by molar-refractivity contribution is 5.28. The Kier molecular flexibility index (Phi) is 6.62. The summed E-state index contributed by atoms with van der Waals surface area (Å²) in [6, 6.07) is 7.91. The van der Waals surface area contributed by atoms with Crippen molar-refractivity contribution in [3.05, 3.63) is 29.8 Å². The van der Waals surface area contributed by atoms with Crippen LogP contribution in [0, 0.1) is 0 Å². The van der Waals surface area contributed by atoms with Crippen LogP contribution in [-0.4, -0.2) is 40.5 Å². The van der Waals surface area contributed by atoms with E-state index in [-0.39, 0.29) is 6.10 Å². The molecule has 0 saturated carbocycles. The zero-order valence-corrected chi connectivity index (χ0v) is 10.7. The highest BCUT2D eigenvalue weighted by atomic mass is 16.5. The molecule has 1 unspecified atom stereocenters. The molecule has 0 bridgehead atoms. The Labute approximate surface area is 103 Å². The molecular formula is C13H21NO3. The molecule has 4 heteroatoms. The first-order valence-electron chi connectivity index (χ1n) is 5.68. The first kappa shape index (κ1) is 14.0. The number of benzene rings is 1. The summed E-state index contributed by atoms with van der Waals surface area (Å²) in [5, 5.41) is 3.08. The van der Waals surface area contributed by atoms with Crippen LogP contribution in [0.2, 0.25) is 0 Å². The summed E-state index contributed by atoms with van der Waals surface area (Å²) >= 11 is 0. The largest absolute Gasteiger partial charge is 0.487 e. The van der Waals surface area contributed by atoms with Crippen molar-refractivity contribution in [2.45, 2.75) is 12.7 Å². The van der Waals surface area contributed by atoms with E-state index in [1.165, 1.54) is 0 Å². The molecule has 0 spiro atoms. The summed E-state index contributed by atoms with van der Waals surface area (Å²) in [7, 11) is 5.25. The molecular weight excluding hydrogens is 218 g/mol. The van der Waals surface area contributed by atoms with Gasteiger partial charge in [0.2, 0.25) is 0 Å². The molecule has 17 heavy (non-hydrogen) atoms. The third-order valence-electron chi connectivity index (χ3n) is 2.30. The standard InChI is InChI=1S/C13H21NO3/c1-14-8-13(10-16-3)17-12-6-4-5-11(7-12)9-15-2/h4-7,13-14H,8-10H2,1-3H3. The maximum absolute atomic E-state index is 5.84. The average molecular weight is 239 g/mol. The van der Waals surface area contributed by atoms with Gasteiger partial charge in [-0.25, -0.2) is 0 Å². The molecule has 4 nitrogen and oxygen atoms in total. The first-order valence-corrected chi connectivity index (χ1v) is 5.68. The number of likely N-dealkylation sites (N-methyl/N-ethyl adjacent to an activating group) is 1. The lowest BCUT2D eigenvalue weighted by Gasteiger charge is -2.18. The van der Waals surface area contributed by atoms with Crippen molar-refractivity contribution in [1.29, 1.82) is 0 Å². The van der Waals surface area contributed by atoms with Crippen LogP contribution in [0.4, 0.5) is 0 Å².